The topological polar surface area (TPSA) is 15.3 Å². The van der Waals surface area contributed by atoms with Crippen LogP contribution >= 0.6 is 0 Å². The van der Waals surface area contributed by atoms with Gasteiger partial charge in [-0.2, -0.15) is 0 Å². The summed E-state index contributed by atoms with van der Waals surface area (Å²) >= 11 is 0. The molecule has 2 heteroatoms. The lowest BCUT2D eigenvalue weighted by atomic mass is 9.82. The average Bonchev–Trinajstić information content (AvgIpc) is 3.39. The van der Waals surface area contributed by atoms with Gasteiger partial charge >= 0.3 is 0 Å². The van der Waals surface area contributed by atoms with Crippen molar-refractivity contribution in [2.24, 2.45) is 0 Å². The van der Waals surface area contributed by atoms with Gasteiger partial charge in [-0.25, -0.2) is 0 Å². The maximum Gasteiger partial charge on any atom is 0.0493 e. The zero-order valence-electron chi connectivity index (χ0n) is 35.5. The second-order valence-electron chi connectivity index (χ2n) is 17.2. The molecular weight excluding hydrogens is 737 g/mol. The second kappa shape index (κ2) is 16.3. The summed E-state index contributed by atoms with van der Waals surface area (Å²) in [7, 11) is 0. The third-order valence-electron chi connectivity index (χ3n) is 13.0. The first-order valence-corrected chi connectivity index (χ1v) is 22.0. The molecule has 0 fully saturated rings. The molecule has 1 aliphatic heterocycles. The van der Waals surface area contributed by atoms with E-state index in [0.29, 0.717) is 0 Å². The number of hydrogen-bond acceptors (Lipinski definition) is 2. The number of allylic oxidation sites excluding steroid dienone is 4. The average molecular weight is 789 g/mol. The van der Waals surface area contributed by atoms with Crippen molar-refractivity contribution < 1.29 is 0 Å². The molecule has 298 valence electrons. The highest BCUT2D eigenvalue weighted by Gasteiger charge is 2.35. The van der Waals surface area contributed by atoms with Gasteiger partial charge in [0.25, 0.3) is 0 Å². The van der Waals surface area contributed by atoms with Gasteiger partial charge in [-0.3, -0.25) is 0 Å². The summed E-state index contributed by atoms with van der Waals surface area (Å²) in [6.45, 7) is 6.79. The van der Waals surface area contributed by atoms with Crippen LogP contribution in [0.15, 0.2) is 182 Å². The Kier molecular flexibility index (Phi) is 10.2. The molecule has 1 heterocycles. The van der Waals surface area contributed by atoms with Crippen LogP contribution in [0, 0.1) is 0 Å². The van der Waals surface area contributed by atoms with E-state index in [0.717, 1.165) is 37.8 Å². The van der Waals surface area contributed by atoms with E-state index < -0.39 is 0 Å². The summed E-state index contributed by atoms with van der Waals surface area (Å²) < 4.78 is 0. The number of unbranched alkanes of at least 4 members (excludes halogenated alkanes) is 1. The van der Waals surface area contributed by atoms with Crippen LogP contribution < -0.4 is 10.2 Å². The Hall–Kier alpha value is -6.90. The van der Waals surface area contributed by atoms with Gasteiger partial charge in [0.05, 0.1) is 0 Å². The molecule has 8 aromatic carbocycles. The molecule has 8 aromatic rings. The first kappa shape index (κ1) is 38.3. The smallest absolute Gasteiger partial charge is 0.0493 e. The third-order valence-corrected chi connectivity index (χ3v) is 13.0. The van der Waals surface area contributed by atoms with Crippen LogP contribution in [0.5, 0.6) is 0 Å². The van der Waals surface area contributed by atoms with E-state index in [1.54, 1.807) is 0 Å². The van der Waals surface area contributed by atoms with E-state index >= 15 is 0 Å². The van der Waals surface area contributed by atoms with E-state index in [1.807, 2.05) is 0 Å². The molecule has 2 nitrogen and oxygen atoms in total. The van der Waals surface area contributed by atoms with Crippen molar-refractivity contribution in [3.05, 3.63) is 221 Å². The van der Waals surface area contributed by atoms with Gasteiger partial charge in [0.2, 0.25) is 0 Å². The van der Waals surface area contributed by atoms with E-state index in [-0.39, 0.29) is 5.41 Å². The molecule has 0 spiro atoms. The number of nitrogens with zero attached hydrogens (tertiary/aromatic N) is 1. The highest BCUT2D eigenvalue weighted by molar-refractivity contribution is 6.09. The number of fused-ring (bicyclic) bond motifs is 8. The predicted molar refractivity (Wildman–Crippen MR) is 263 cm³/mol. The van der Waals surface area contributed by atoms with Gasteiger partial charge in [-0.15, -0.1) is 0 Å². The summed E-state index contributed by atoms with van der Waals surface area (Å²) in [6, 6.07) is 58.8. The minimum Gasteiger partial charge on any atom is -0.355 e. The van der Waals surface area contributed by atoms with Crippen LogP contribution in [-0.4, -0.2) is 0 Å². The number of aryl methyl sites for hydroxylation is 3. The Morgan fingerprint density at radius 1 is 0.590 bits per heavy atom. The largest absolute Gasteiger partial charge is 0.355 e. The maximum atomic E-state index is 3.78. The van der Waals surface area contributed by atoms with E-state index in [1.165, 1.54) is 94.4 Å². The van der Waals surface area contributed by atoms with E-state index in [2.05, 4.69) is 225 Å². The number of hydrogen-bond donors (Lipinski definition) is 1. The van der Waals surface area contributed by atoms with Crippen LogP contribution in [0.3, 0.4) is 0 Å². The molecule has 0 saturated carbocycles. The van der Waals surface area contributed by atoms with Crippen LogP contribution in [0.2, 0.25) is 0 Å². The molecule has 0 saturated heterocycles. The fraction of sp³-hybridized carbons (Fsp3) is 0.153. The Labute approximate surface area is 361 Å². The zero-order chi connectivity index (χ0) is 41.3. The fourth-order valence-electron chi connectivity index (χ4n) is 9.72. The lowest BCUT2D eigenvalue weighted by Crippen LogP contribution is -2.15. The second-order valence-corrected chi connectivity index (χ2v) is 17.2. The number of benzene rings is 8. The first-order valence-electron chi connectivity index (χ1n) is 22.0. The number of rotatable bonds is 10. The minimum atomic E-state index is -0.116. The molecule has 61 heavy (non-hydrogen) atoms. The van der Waals surface area contributed by atoms with Crippen molar-refractivity contribution in [3.8, 4) is 11.1 Å². The van der Waals surface area contributed by atoms with Crippen molar-refractivity contribution in [2.45, 2.75) is 58.3 Å². The van der Waals surface area contributed by atoms with Gasteiger partial charge < -0.3 is 10.2 Å². The van der Waals surface area contributed by atoms with Gasteiger partial charge in [0.15, 0.2) is 0 Å². The van der Waals surface area contributed by atoms with Crippen molar-refractivity contribution in [1.82, 2.24) is 0 Å². The van der Waals surface area contributed by atoms with Crippen LogP contribution in [0.25, 0.3) is 44.8 Å². The zero-order valence-corrected chi connectivity index (χ0v) is 35.5. The van der Waals surface area contributed by atoms with Crippen LogP contribution in [0.1, 0.15) is 72.6 Å². The molecule has 1 N–H and O–H groups in total. The SMILES string of the molecule is C/C=C\C=C/CCCc1ccccc1Nc1ccc2c(c1)C(C)(C)c1cc(/C=C/c3ccc4c(ccc5cc(N6c7ccccc7CCc7ccccc76)ccc54)c3)ccc1-2. The van der Waals surface area contributed by atoms with E-state index in [9.17, 15) is 0 Å². The Morgan fingerprint density at radius 3 is 1.97 bits per heavy atom. The van der Waals surface area contributed by atoms with E-state index in [4.69, 9.17) is 0 Å². The summed E-state index contributed by atoms with van der Waals surface area (Å²) in [5.74, 6) is 0. The molecule has 1 aliphatic carbocycles. The van der Waals surface area contributed by atoms with Gasteiger partial charge in [-0.1, -0.05) is 159 Å². The Balaban J connectivity index is 0.878. The monoisotopic (exact) mass is 788 g/mol. The van der Waals surface area contributed by atoms with Crippen molar-refractivity contribution in [3.63, 3.8) is 0 Å². The summed E-state index contributed by atoms with van der Waals surface area (Å²) in [6.07, 6.45) is 18.4. The quantitative estimate of drug-likeness (QED) is 0.0643. The minimum absolute atomic E-state index is 0.116. The molecule has 0 unspecified atom stereocenters. The van der Waals surface area contributed by atoms with Crippen molar-refractivity contribution in [2.75, 3.05) is 10.2 Å². The fourth-order valence-corrected chi connectivity index (χ4v) is 9.72. The van der Waals surface area contributed by atoms with Crippen molar-refractivity contribution >= 4 is 62.1 Å². The predicted octanol–water partition coefficient (Wildman–Crippen LogP) is 16.2. The molecule has 10 rings (SSSR count). The number of para-hydroxylation sites is 3. The summed E-state index contributed by atoms with van der Waals surface area (Å²) in [4.78, 5) is 2.46. The maximum absolute atomic E-state index is 3.78. The summed E-state index contributed by atoms with van der Waals surface area (Å²) in [5.41, 5.74) is 17.9. The summed E-state index contributed by atoms with van der Waals surface area (Å²) in [5, 5.41) is 8.84. The Morgan fingerprint density at radius 2 is 1.21 bits per heavy atom. The Bertz CT molecular complexity index is 2980. The highest BCUT2D eigenvalue weighted by atomic mass is 15.1. The molecule has 0 radical (unpaired) electrons. The molecule has 2 aliphatic rings. The van der Waals surface area contributed by atoms with Gasteiger partial charge in [0, 0.05) is 33.9 Å². The first-order chi connectivity index (χ1) is 29.9. The van der Waals surface area contributed by atoms with Crippen molar-refractivity contribution in [1.29, 1.82) is 0 Å². The van der Waals surface area contributed by atoms with Crippen LogP contribution in [-0.2, 0) is 24.7 Å². The normalized spacial score (nSPS) is 14.1. The third kappa shape index (κ3) is 7.38. The standard InChI is InChI=1S/C59H52N2/c1-4-5-6-7-8-9-16-43-17-10-13-20-56(43)60-48-31-35-53-52-34-26-42(38-54(52)59(2,3)55(53)40-48)24-23-41-25-33-50-46(37-41)29-30-47-39-49(32-36-51(47)50)61-57-21-14-11-18-44(57)27-28-45-19-12-15-22-58(45)61/h4-7,10-15,17-26,29-40,60H,8-9,16,27-28H2,1-3H3/b5-4-,7-6-,24-23+. The molecule has 0 atom stereocenters. The molecule has 0 aromatic heterocycles. The number of nitrogens with one attached hydrogen (secondary N) is 1. The van der Waals surface area contributed by atoms with Gasteiger partial charge in [-0.05, 0) is 159 Å². The lowest BCUT2D eigenvalue weighted by Gasteiger charge is -2.27. The molecule has 0 amide bonds. The number of anilines is 5. The van der Waals surface area contributed by atoms with Gasteiger partial charge in [0.1, 0.15) is 0 Å². The van der Waals surface area contributed by atoms with Crippen LogP contribution in [0.4, 0.5) is 28.4 Å². The highest BCUT2D eigenvalue weighted by Crippen LogP contribution is 2.50. The molecular formula is C59H52N2. The lowest BCUT2D eigenvalue weighted by molar-refractivity contribution is 0.660. The molecule has 0 bridgehead atoms.